The van der Waals surface area contributed by atoms with Gasteiger partial charge in [-0.1, -0.05) is 0 Å². The molecule has 0 saturated carbocycles. The Morgan fingerprint density at radius 3 is 1.86 bits per heavy atom. The zero-order valence-electron chi connectivity index (χ0n) is 3.83. The largest absolute Gasteiger partial charge is 0.313 e. The van der Waals surface area contributed by atoms with Crippen molar-refractivity contribution in [2.24, 2.45) is 5.73 Å². The van der Waals surface area contributed by atoms with E-state index in [-0.39, 0.29) is 0 Å². The molecule has 0 aromatic rings. The Balaban J connectivity index is 4.10. The third-order valence-corrected chi connectivity index (χ3v) is 1.41. The van der Waals surface area contributed by atoms with Gasteiger partial charge in [-0.2, -0.15) is 8.42 Å². The lowest BCUT2D eigenvalue weighted by molar-refractivity contribution is 0.471. The van der Waals surface area contributed by atoms with Crippen LogP contribution in [0.2, 0.25) is 0 Å². The van der Waals surface area contributed by atoms with E-state index < -0.39 is 15.5 Å². The van der Waals surface area contributed by atoms with Gasteiger partial charge >= 0.3 is 0 Å². The first-order valence-electron chi connectivity index (χ1n) is 1.66. The Bertz CT molecular complexity index is 135. The molecule has 7 heavy (non-hydrogen) atoms. The van der Waals surface area contributed by atoms with E-state index in [0.29, 0.717) is 0 Å². The Kier molecular flexibility index (Phi) is 1.74. The van der Waals surface area contributed by atoms with Crippen molar-refractivity contribution in [1.29, 1.82) is 0 Å². The zero-order chi connectivity index (χ0) is 6.08. The van der Waals surface area contributed by atoms with E-state index in [4.69, 9.17) is 10.3 Å². The molecule has 0 unspecified atom stereocenters. The van der Waals surface area contributed by atoms with Crippen LogP contribution in [0.5, 0.6) is 0 Å². The third kappa shape index (κ3) is 2.55. The zero-order valence-corrected chi connectivity index (χ0v) is 4.64. The predicted molar refractivity (Wildman–Crippen MR) is 25.2 cm³/mol. The van der Waals surface area contributed by atoms with E-state index in [9.17, 15) is 8.42 Å². The number of nitrogens with two attached hydrogens (primary N) is 1. The fraction of sp³-hybridized carbons (Fsp3) is 1.00. The maximum absolute atomic E-state index is 9.76. The maximum Gasteiger partial charge on any atom is 0.280 e. The molecule has 3 N–H and O–H groups in total. The molecule has 44 valence electrons. The lowest BCUT2D eigenvalue weighted by Crippen LogP contribution is -2.25. The molecule has 0 aliphatic heterocycles. The molecule has 0 spiro atoms. The maximum atomic E-state index is 9.76. The highest BCUT2D eigenvalue weighted by Gasteiger charge is 2.09. The van der Waals surface area contributed by atoms with Crippen molar-refractivity contribution < 1.29 is 13.0 Å². The standard InChI is InChI=1S/C2H7NO3S/c1-2(3)7(4,5)6/h2H,3H2,1H3,(H,4,5,6)/t2-/m1/s1. The molecule has 0 heterocycles. The van der Waals surface area contributed by atoms with Gasteiger partial charge in [0.05, 0.1) is 0 Å². The Morgan fingerprint density at radius 1 is 1.71 bits per heavy atom. The second kappa shape index (κ2) is 1.77. The average Bonchev–Trinajstić information content (AvgIpc) is 1.31. The summed E-state index contributed by atoms with van der Waals surface area (Å²) in [5, 5.41) is -1.17. The molecular formula is C2H7NO3S. The molecule has 4 nitrogen and oxygen atoms in total. The molecule has 0 rings (SSSR count). The third-order valence-electron chi connectivity index (χ3n) is 0.470. The van der Waals surface area contributed by atoms with Gasteiger partial charge in [0, 0.05) is 0 Å². The second-order valence-corrected chi connectivity index (χ2v) is 2.99. The normalized spacial score (nSPS) is 16.4. The number of hydrogen-bond donors (Lipinski definition) is 2. The van der Waals surface area contributed by atoms with Crippen molar-refractivity contribution in [3.8, 4) is 0 Å². The van der Waals surface area contributed by atoms with Crippen LogP contribution in [0.25, 0.3) is 0 Å². The lowest BCUT2D eigenvalue weighted by atomic mass is 10.8. The second-order valence-electron chi connectivity index (χ2n) is 1.22. The summed E-state index contributed by atoms with van der Waals surface area (Å²) in [6, 6.07) is 0. The topological polar surface area (TPSA) is 80.4 Å². The van der Waals surface area contributed by atoms with Crippen LogP contribution in [0.4, 0.5) is 0 Å². The van der Waals surface area contributed by atoms with Crippen LogP contribution < -0.4 is 5.73 Å². The Morgan fingerprint density at radius 2 is 1.86 bits per heavy atom. The summed E-state index contributed by atoms with van der Waals surface area (Å²) in [7, 11) is -3.96. The summed E-state index contributed by atoms with van der Waals surface area (Å²) < 4.78 is 27.5. The molecule has 1 atom stereocenters. The van der Waals surface area contributed by atoms with Gasteiger partial charge in [-0.25, -0.2) is 0 Å². The van der Waals surface area contributed by atoms with Gasteiger partial charge in [0.25, 0.3) is 10.1 Å². The average molecular weight is 125 g/mol. The minimum Gasteiger partial charge on any atom is -0.313 e. The van der Waals surface area contributed by atoms with Crippen LogP contribution in [0.1, 0.15) is 6.92 Å². The van der Waals surface area contributed by atoms with E-state index in [1.54, 1.807) is 0 Å². The molecule has 0 fully saturated rings. The van der Waals surface area contributed by atoms with Gasteiger partial charge in [0.15, 0.2) is 0 Å². The highest BCUT2D eigenvalue weighted by molar-refractivity contribution is 7.86. The summed E-state index contributed by atoms with van der Waals surface area (Å²) >= 11 is 0. The lowest BCUT2D eigenvalue weighted by Gasteiger charge is -1.95. The number of rotatable bonds is 1. The summed E-state index contributed by atoms with van der Waals surface area (Å²) in [5.41, 5.74) is 4.73. The fourth-order valence-electron chi connectivity index (χ4n) is 0. The molecule has 0 amide bonds. The van der Waals surface area contributed by atoms with Crippen molar-refractivity contribution in [3.05, 3.63) is 0 Å². The highest BCUT2D eigenvalue weighted by atomic mass is 32.2. The SMILES string of the molecule is C[C@H](N)S(=O)(=O)O. The first-order chi connectivity index (χ1) is 2.94. The molecule has 0 bridgehead atoms. The van der Waals surface area contributed by atoms with Crippen LogP contribution in [-0.4, -0.2) is 18.3 Å². The summed E-state index contributed by atoms with van der Waals surface area (Å²) in [4.78, 5) is 0. The first kappa shape index (κ1) is 6.87. The van der Waals surface area contributed by atoms with Crippen LogP contribution in [0.15, 0.2) is 0 Å². The first-order valence-corrected chi connectivity index (χ1v) is 3.17. The Labute approximate surface area is 42.1 Å². The van der Waals surface area contributed by atoms with Gasteiger partial charge in [-0.05, 0) is 6.92 Å². The van der Waals surface area contributed by atoms with Crippen LogP contribution >= 0.6 is 0 Å². The Hall–Kier alpha value is -0.130. The van der Waals surface area contributed by atoms with E-state index in [0.717, 1.165) is 0 Å². The molecule has 0 aromatic carbocycles. The van der Waals surface area contributed by atoms with Crippen molar-refractivity contribution >= 4 is 10.1 Å². The quantitative estimate of drug-likeness (QED) is 0.448. The van der Waals surface area contributed by atoms with E-state index in [1.807, 2.05) is 0 Å². The molecule has 0 aliphatic carbocycles. The van der Waals surface area contributed by atoms with Crippen molar-refractivity contribution in [3.63, 3.8) is 0 Å². The van der Waals surface area contributed by atoms with E-state index in [2.05, 4.69) is 0 Å². The number of hydrogen-bond acceptors (Lipinski definition) is 3. The van der Waals surface area contributed by atoms with Crippen LogP contribution in [0, 0.1) is 0 Å². The van der Waals surface area contributed by atoms with Crippen molar-refractivity contribution in [1.82, 2.24) is 0 Å². The monoisotopic (exact) mass is 125 g/mol. The molecular weight excluding hydrogens is 118 g/mol. The fourth-order valence-corrected chi connectivity index (χ4v) is 0. The van der Waals surface area contributed by atoms with Gasteiger partial charge in [0.2, 0.25) is 0 Å². The minimum absolute atomic E-state index is 1.17. The van der Waals surface area contributed by atoms with Crippen molar-refractivity contribution in [2.75, 3.05) is 0 Å². The summed E-state index contributed by atoms with van der Waals surface area (Å²) in [6.45, 7) is 1.19. The highest BCUT2D eigenvalue weighted by Crippen LogP contribution is 1.84. The molecule has 0 saturated heterocycles. The van der Waals surface area contributed by atoms with Gasteiger partial charge in [-0.3, -0.25) is 4.55 Å². The predicted octanol–water partition coefficient (Wildman–Crippen LogP) is -0.821. The minimum atomic E-state index is -3.96. The van der Waals surface area contributed by atoms with Gasteiger partial charge in [0.1, 0.15) is 5.37 Å². The molecule has 5 heteroatoms. The smallest absolute Gasteiger partial charge is 0.280 e. The molecule has 0 radical (unpaired) electrons. The summed E-state index contributed by atoms with van der Waals surface area (Å²) in [5.74, 6) is 0. The van der Waals surface area contributed by atoms with Crippen LogP contribution in [0.3, 0.4) is 0 Å². The molecule has 0 aliphatic rings. The van der Waals surface area contributed by atoms with Gasteiger partial charge < -0.3 is 5.73 Å². The van der Waals surface area contributed by atoms with Gasteiger partial charge in [-0.15, -0.1) is 0 Å². The van der Waals surface area contributed by atoms with E-state index >= 15 is 0 Å². The van der Waals surface area contributed by atoms with Crippen LogP contribution in [-0.2, 0) is 10.1 Å². The van der Waals surface area contributed by atoms with E-state index in [1.165, 1.54) is 6.92 Å². The summed E-state index contributed by atoms with van der Waals surface area (Å²) in [6.07, 6.45) is 0. The molecule has 0 aromatic heterocycles. The van der Waals surface area contributed by atoms with Crippen molar-refractivity contribution in [2.45, 2.75) is 12.3 Å².